The summed E-state index contributed by atoms with van der Waals surface area (Å²) in [6.07, 6.45) is 26.3. The van der Waals surface area contributed by atoms with Gasteiger partial charge in [-0.05, 0) is 12.8 Å². The molecule has 0 bridgehead atoms. The van der Waals surface area contributed by atoms with E-state index in [0.717, 1.165) is 38.5 Å². The third-order valence-corrected chi connectivity index (χ3v) is 8.33. The van der Waals surface area contributed by atoms with Crippen molar-refractivity contribution in [1.29, 1.82) is 0 Å². The van der Waals surface area contributed by atoms with Crippen LogP contribution in [0.1, 0.15) is 181 Å². The highest BCUT2D eigenvalue weighted by molar-refractivity contribution is 5.75. The molecule has 0 aliphatic rings. The van der Waals surface area contributed by atoms with Crippen LogP contribution in [0.3, 0.4) is 0 Å². The number of rotatable bonds is 35. The van der Waals surface area contributed by atoms with Gasteiger partial charge < -0.3 is 24.3 Å². The zero-order valence-electron chi connectivity index (χ0n) is 30.6. The lowest BCUT2D eigenvalue weighted by atomic mass is 10.1. The van der Waals surface area contributed by atoms with Crippen molar-refractivity contribution in [3.05, 3.63) is 0 Å². The van der Waals surface area contributed by atoms with Crippen molar-refractivity contribution in [1.82, 2.24) is 5.32 Å². The van der Waals surface area contributed by atoms with Crippen LogP contribution in [0.5, 0.6) is 0 Å². The molecule has 0 saturated heterocycles. The highest BCUT2D eigenvalue weighted by atomic mass is 16.6. The van der Waals surface area contributed by atoms with Gasteiger partial charge >= 0.3 is 17.9 Å². The molecule has 1 N–H and O–H groups in total. The number of nitrogens with one attached hydrogen (secondary N) is 1. The number of ether oxygens (including phenoxy) is 4. The second kappa shape index (κ2) is 35.2. The lowest BCUT2D eigenvalue weighted by Crippen LogP contribution is -2.31. The maximum absolute atomic E-state index is 12.6. The van der Waals surface area contributed by atoms with Crippen LogP contribution in [-0.4, -0.2) is 63.4 Å². The fraction of sp³-hybridized carbons (Fsp3) is 0.895. The molecule has 0 fully saturated rings. The Bertz CT molecular complexity index is 760. The summed E-state index contributed by atoms with van der Waals surface area (Å²) in [7, 11) is 1.55. The van der Waals surface area contributed by atoms with Crippen molar-refractivity contribution in [2.75, 3.05) is 33.5 Å². The number of hydrogen-bond acceptors (Lipinski definition) is 8. The molecule has 0 aromatic rings. The monoisotopic (exact) mass is 670 g/mol. The molecule has 0 aromatic heterocycles. The molecule has 0 aromatic carbocycles. The lowest BCUT2D eigenvalue weighted by molar-refractivity contribution is -0.167. The molecule has 0 spiro atoms. The number of carbonyl (C=O) groups is 4. The van der Waals surface area contributed by atoms with E-state index in [2.05, 4.69) is 19.2 Å². The summed E-state index contributed by atoms with van der Waals surface area (Å²) in [5, 5.41) is 2.51. The Morgan fingerprint density at radius 1 is 0.468 bits per heavy atom. The normalized spacial score (nSPS) is 11.6. The van der Waals surface area contributed by atoms with Crippen LogP contribution in [0, 0.1) is 0 Å². The number of unbranched alkanes of at least 4 members (excludes halogenated alkanes) is 20. The first-order valence-electron chi connectivity index (χ1n) is 19.2. The molecule has 0 heterocycles. The standard InChI is InChI=1S/C38H71NO8/c1-4-6-8-10-12-14-16-18-20-22-24-26-36(41)45-32-34(33-46-37(42)29-31-44-30-28-35(40)39-3)47-38(43)27-25-23-21-19-17-15-13-11-9-7-5-2/h34H,4-33H2,1-3H3,(H,39,40)/t34-/m0/s1. The predicted octanol–water partition coefficient (Wildman–Crippen LogP) is 8.93. The van der Waals surface area contributed by atoms with E-state index < -0.39 is 12.1 Å². The van der Waals surface area contributed by atoms with Gasteiger partial charge in [-0.2, -0.15) is 0 Å². The molecule has 0 unspecified atom stereocenters. The maximum atomic E-state index is 12.6. The first-order valence-corrected chi connectivity index (χ1v) is 19.2. The van der Waals surface area contributed by atoms with Gasteiger partial charge in [-0.15, -0.1) is 0 Å². The van der Waals surface area contributed by atoms with Crippen molar-refractivity contribution in [3.63, 3.8) is 0 Å². The van der Waals surface area contributed by atoms with E-state index in [1.165, 1.54) is 103 Å². The molecule has 0 saturated carbocycles. The van der Waals surface area contributed by atoms with Gasteiger partial charge in [-0.1, -0.05) is 142 Å². The van der Waals surface area contributed by atoms with E-state index in [9.17, 15) is 19.2 Å². The van der Waals surface area contributed by atoms with Gasteiger partial charge in [0, 0.05) is 26.3 Å². The highest BCUT2D eigenvalue weighted by Crippen LogP contribution is 2.14. The maximum Gasteiger partial charge on any atom is 0.308 e. The minimum atomic E-state index is -0.852. The van der Waals surface area contributed by atoms with Crippen LogP contribution in [0.25, 0.3) is 0 Å². The van der Waals surface area contributed by atoms with Gasteiger partial charge in [0.05, 0.1) is 19.6 Å². The van der Waals surface area contributed by atoms with Crippen LogP contribution >= 0.6 is 0 Å². The minimum absolute atomic E-state index is 0.00575. The molecule has 0 aliphatic heterocycles. The Hall–Kier alpha value is -2.16. The zero-order chi connectivity index (χ0) is 34.6. The average molecular weight is 670 g/mol. The summed E-state index contributed by atoms with van der Waals surface area (Å²) in [6, 6.07) is 0. The Morgan fingerprint density at radius 3 is 1.26 bits per heavy atom. The number of amides is 1. The van der Waals surface area contributed by atoms with Gasteiger partial charge in [-0.25, -0.2) is 0 Å². The molecular weight excluding hydrogens is 598 g/mol. The Balaban J connectivity index is 4.34. The van der Waals surface area contributed by atoms with Crippen molar-refractivity contribution >= 4 is 23.8 Å². The summed E-state index contributed by atoms with van der Waals surface area (Å²) < 4.78 is 21.6. The second-order valence-electron chi connectivity index (χ2n) is 12.8. The molecule has 1 atom stereocenters. The first kappa shape index (κ1) is 44.8. The van der Waals surface area contributed by atoms with Gasteiger partial charge in [0.25, 0.3) is 0 Å². The smallest absolute Gasteiger partial charge is 0.308 e. The van der Waals surface area contributed by atoms with Crippen LogP contribution in [-0.2, 0) is 38.1 Å². The largest absolute Gasteiger partial charge is 0.462 e. The van der Waals surface area contributed by atoms with Gasteiger partial charge in [0.2, 0.25) is 5.91 Å². The molecule has 0 aliphatic carbocycles. The van der Waals surface area contributed by atoms with Crippen molar-refractivity contribution in [2.24, 2.45) is 0 Å². The number of carbonyl (C=O) groups excluding carboxylic acids is 4. The van der Waals surface area contributed by atoms with Crippen LogP contribution in [0.15, 0.2) is 0 Å². The topological polar surface area (TPSA) is 117 Å². The molecule has 9 heteroatoms. The summed E-state index contributed by atoms with van der Waals surface area (Å²) in [5.74, 6) is -1.35. The lowest BCUT2D eigenvalue weighted by Gasteiger charge is -2.18. The van der Waals surface area contributed by atoms with E-state index in [1.807, 2.05) is 0 Å². The number of hydrogen-bond donors (Lipinski definition) is 1. The fourth-order valence-corrected chi connectivity index (χ4v) is 5.29. The summed E-state index contributed by atoms with van der Waals surface area (Å²) in [6.45, 7) is 4.47. The van der Waals surface area contributed by atoms with Crippen LogP contribution in [0.4, 0.5) is 0 Å². The quantitative estimate of drug-likeness (QED) is 0.0404. The van der Waals surface area contributed by atoms with Crippen LogP contribution < -0.4 is 5.32 Å². The Morgan fingerprint density at radius 2 is 0.830 bits per heavy atom. The molecule has 276 valence electrons. The fourth-order valence-electron chi connectivity index (χ4n) is 5.29. The zero-order valence-corrected chi connectivity index (χ0v) is 30.6. The highest BCUT2D eigenvalue weighted by Gasteiger charge is 2.19. The average Bonchev–Trinajstić information content (AvgIpc) is 3.06. The Kier molecular flexibility index (Phi) is 33.5. The summed E-state index contributed by atoms with van der Waals surface area (Å²) in [4.78, 5) is 48.4. The molecule has 1 amide bonds. The second-order valence-corrected chi connectivity index (χ2v) is 12.8. The third-order valence-electron chi connectivity index (χ3n) is 8.33. The predicted molar refractivity (Wildman–Crippen MR) is 188 cm³/mol. The van der Waals surface area contributed by atoms with E-state index in [1.54, 1.807) is 7.05 Å². The molecule has 47 heavy (non-hydrogen) atoms. The SMILES string of the molecule is CCCCCCCCCCCCCC(=O)OC[C@@H](COC(=O)CCOCCC(=O)NC)OC(=O)CCCCCCCCCCCCC. The summed E-state index contributed by atoms with van der Waals surface area (Å²) in [5.41, 5.74) is 0. The van der Waals surface area contributed by atoms with E-state index in [4.69, 9.17) is 18.9 Å². The van der Waals surface area contributed by atoms with Gasteiger partial charge in [0.1, 0.15) is 13.2 Å². The van der Waals surface area contributed by atoms with Crippen molar-refractivity contribution < 1.29 is 38.1 Å². The Labute approximate surface area is 287 Å². The van der Waals surface area contributed by atoms with E-state index in [-0.39, 0.29) is 63.5 Å². The van der Waals surface area contributed by atoms with Crippen molar-refractivity contribution in [3.8, 4) is 0 Å². The molecule has 0 radical (unpaired) electrons. The van der Waals surface area contributed by atoms with E-state index in [0.29, 0.717) is 6.42 Å². The van der Waals surface area contributed by atoms with Crippen LogP contribution in [0.2, 0.25) is 0 Å². The first-order chi connectivity index (χ1) is 22.9. The van der Waals surface area contributed by atoms with Gasteiger partial charge in [0.15, 0.2) is 6.10 Å². The third kappa shape index (κ3) is 33.5. The van der Waals surface area contributed by atoms with Crippen molar-refractivity contribution in [2.45, 2.75) is 187 Å². The number of esters is 3. The minimum Gasteiger partial charge on any atom is -0.462 e. The van der Waals surface area contributed by atoms with E-state index >= 15 is 0 Å². The molecule has 0 rings (SSSR count). The molecular formula is C38H71NO8. The van der Waals surface area contributed by atoms with Gasteiger partial charge in [-0.3, -0.25) is 19.2 Å². The molecule has 9 nitrogen and oxygen atoms in total. The summed E-state index contributed by atoms with van der Waals surface area (Å²) >= 11 is 0.